The summed E-state index contributed by atoms with van der Waals surface area (Å²) in [5.41, 5.74) is 3.71. The molecule has 0 aliphatic rings. The van der Waals surface area contributed by atoms with Crippen molar-refractivity contribution in [1.82, 2.24) is 14.8 Å². The van der Waals surface area contributed by atoms with Gasteiger partial charge in [-0.15, -0.1) is 0 Å². The number of hydrogen-bond acceptors (Lipinski definition) is 3. The van der Waals surface area contributed by atoms with Crippen molar-refractivity contribution in [3.8, 4) is 0 Å². The number of carbonyl (C=O) groups excluding carboxylic acids is 1. The number of rotatable bonds is 6. The number of aromatic nitrogens is 3. The molecule has 4 aromatic rings. The molecule has 162 valence electrons. The average Bonchev–Trinajstić information content (AvgIpc) is 3.16. The van der Waals surface area contributed by atoms with E-state index >= 15 is 0 Å². The second kappa shape index (κ2) is 8.93. The van der Waals surface area contributed by atoms with E-state index in [0.717, 1.165) is 11.3 Å². The maximum atomic E-state index is 13.5. The summed E-state index contributed by atoms with van der Waals surface area (Å²) in [5, 5.41) is 5.06. The molecular formula is C25H21ClFN3O2. The van der Waals surface area contributed by atoms with Gasteiger partial charge in [-0.1, -0.05) is 30.7 Å². The van der Waals surface area contributed by atoms with Gasteiger partial charge in [-0.2, -0.15) is 5.10 Å². The van der Waals surface area contributed by atoms with Crippen LogP contribution in [0.4, 0.5) is 4.39 Å². The molecule has 32 heavy (non-hydrogen) atoms. The predicted octanol–water partition coefficient (Wildman–Crippen LogP) is 5.10. The van der Waals surface area contributed by atoms with E-state index in [1.165, 1.54) is 22.9 Å². The van der Waals surface area contributed by atoms with Crippen molar-refractivity contribution >= 4 is 17.4 Å². The van der Waals surface area contributed by atoms with Crippen molar-refractivity contribution in [2.75, 3.05) is 0 Å². The SMILES string of the molecule is Cc1cc(C(C)c2ccc(=O)n(Cc3cccc(F)c3)n2)[nH]c1C(=O)c1ccc(Cl)cc1. The average molecular weight is 450 g/mol. The van der Waals surface area contributed by atoms with Gasteiger partial charge in [0, 0.05) is 28.3 Å². The highest BCUT2D eigenvalue weighted by Crippen LogP contribution is 2.25. The van der Waals surface area contributed by atoms with Crippen LogP contribution < -0.4 is 5.56 Å². The van der Waals surface area contributed by atoms with Crippen LogP contribution in [0.1, 0.15) is 51.4 Å². The first kappa shape index (κ1) is 21.7. The number of halogens is 2. The normalized spacial score (nSPS) is 12.0. The lowest BCUT2D eigenvalue weighted by Gasteiger charge is -2.12. The van der Waals surface area contributed by atoms with Crippen LogP contribution in [-0.2, 0) is 6.54 Å². The Balaban J connectivity index is 1.61. The zero-order valence-electron chi connectivity index (χ0n) is 17.6. The van der Waals surface area contributed by atoms with E-state index < -0.39 is 0 Å². The molecule has 2 aromatic heterocycles. The van der Waals surface area contributed by atoms with Crippen molar-refractivity contribution in [2.24, 2.45) is 0 Å². The summed E-state index contributed by atoms with van der Waals surface area (Å²) in [6.45, 7) is 3.98. The number of nitrogens with one attached hydrogen (secondary N) is 1. The monoisotopic (exact) mass is 449 g/mol. The standard InChI is InChI=1S/C25H21ClFN3O2/c1-15-12-22(28-24(15)25(32)18-6-8-19(26)9-7-18)16(2)21-10-11-23(31)30(29-21)14-17-4-3-5-20(27)13-17/h3-13,16,28H,14H2,1-2H3. The molecule has 0 spiro atoms. The smallest absolute Gasteiger partial charge is 0.267 e. The van der Waals surface area contributed by atoms with Gasteiger partial charge in [0.2, 0.25) is 5.78 Å². The third-order valence-corrected chi connectivity index (χ3v) is 5.64. The molecule has 0 bridgehead atoms. The minimum atomic E-state index is -0.361. The molecule has 0 saturated carbocycles. The van der Waals surface area contributed by atoms with Gasteiger partial charge >= 0.3 is 0 Å². The molecule has 0 amide bonds. The number of nitrogens with zero attached hydrogens (tertiary/aromatic N) is 2. The van der Waals surface area contributed by atoms with Crippen molar-refractivity contribution in [2.45, 2.75) is 26.3 Å². The molecular weight excluding hydrogens is 429 g/mol. The Morgan fingerprint density at radius 1 is 1.12 bits per heavy atom. The number of aromatic amines is 1. The van der Waals surface area contributed by atoms with E-state index in [2.05, 4.69) is 10.1 Å². The largest absolute Gasteiger partial charge is 0.355 e. The predicted molar refractivity (Wildman–Crippen MR) is 122 cm³/mol. The van der Waals surface area contributed by atoms with Gasteiger partial charge < -0.3 is 4.98 Å². The first-order valence-electron chi connectivity index (χ1n) is 10.1. The van der Waals surface area contributed by atoms with Crippen LogP contribution >= 0.6 is 11.6 Å². The van der Waals surface area contributed by atoms with Gasteiger partial charge in [-0.3, -0.25) is 9.59 Å². The lowest BCUT2D eigenvalue weighted by atomic mass is 10.0. The molecule has 1 N–H and O–H groups in total. The molecule has 5 nitrogen and oxygen atoms in total. The summed E-state index contributed by atoms with van der Waals surface area (Å²) in [5.74, 6) is -0.679. The van der Waals surface area contributed by atoms with Crippen molar-refractivity contribution in [3.05, 3.63) is 122 Å². The molecule has 7 heteroatoms. The number of aryl methyl sites for hydroxylation is 1. The Morgan fingerprint density at radius 2 is 1.88 bits per heavy atom. The Morgan fingerprint density at radius 3 is 2.59 bits per heavy atom. The van der Waals surface area contributed by atoms with Crippen LogP contribution in [0, 0.1) is 12.7 Å². The Labute approximate surface area is 189 Å². The van der Waals surface area contributed by atoms with E-state index in [1.54, 1.807) is 42.5 Å². The Kier molecular flexibility index (Phi) is 6.06. The molecule has 1 atom stereocenters. The van der Waals surface area contributed by atoms with Gasteiger partial charge in [-0.05, 0) is 66.6 Å². The first-order chi connectivity index (χ1) is 15.3. The van der Waals surface area contributed by atoms with Crippen LogP contribution in [0.5, 0.6) is 0 Å². The van der Waals surface area contributed by atoms with Gasteiger partial charge in [0.25, 0.3) is 5.56 Å². The summed E-state index contributed by atoms with van der Waals surface area (Å²) in [4.78, 5) is 28.4. The minimum absolute atomic E-state index is 0.123. The summed E-state index contributed by atoms with van der Waals surface area (Å²) in [6.07, 6.45) is 0. The third-order valence-electron chi connectivity index (χ3n) is 5.39. The van der Waals surface area contributed by atoms with E-state index in [9.17, 15) is 14.0 Å². The number of carbonyl (C=O) groups is 1. The fourth-order valence-corrected chi connectivity index (χ4v) is 3.70. The van der Waals surface area contributed by atoms with E-state index in [0.29, 0.717) is 27.5 Å². The highest BCUT2D eigenvalue weighted by molar-refractivity contribution is 6.30. The first-order valence-corrected chi connectivity index (χ1v) is 10.5. The fraction of sp³-hybridized carbons (Fsp3) is 0.160. The highest BCUT2D eigenvalue weighted by Gasteiger charge is 2.19. The van der Waals surface area contributed by atoms with Crippen molar-refractivity contribution < 1.29 is 9.18 Å². The van der Waals surface area contributed by atoms with Crippen LogP contribution in [0.3, 0.4) is 0 Å². The van der Waals surface area contributed by atoms with Crippen LogP contribution in [-0.4, -0.2) is 20.5 Å². The molecule has 1 unspecified atom stereocenters. The van der Waals surface area contributed by atoms with E-state index in [-0.39, 0.29) is 29.6 Å². The van der Waals surface area contributed by atoms with Gasteiger partial charge in [0.05, 0.1) is 17.9 Å². The van der Waals surface area contributed by atoms with Crippen LogP contribution in [0.15, 0.2) is 71.5 Å². The quantitative estimate of drug-likeness (QED) is 0.416. The topological polar surface area (TPSA) is 67.8 Å². The molecule has 0 aliphatic heterocycles. The zero-order valence-corrected chi connectivity index (χ0v) is 18.4. The lowest BCUT2D eigenvalue weighted by Crippen LogP contribution is -2.24. The molecule has 0 fully saturated rings. The second-order valence-corrected chi connectivity index (χ2v) is 8.16. The van der Waals surface area contributed by atoms with Crippen LogP contribution in [0.25, 0.3) is 0 Å². The third kappa shape index (κ3) is 4.55. The molecule has 2 aromatic carbocycles. The van der Waals surface area contributed by atoms with Gasteiger partial charge in [0.1, 0.15) is 5.82 Å². The molecule has 0 saturated heterocycles. The zero-order chi connectivity index (χ0) is 22.8. The van der Waals surface area contributed by atoms with Gasteiger partial charge in [-0.25, -0.2) is 9.07 Å². The van der Waals surface area contributed by atoms with Gasteiger partial charge in [0.15, 0.2) is 0 Å². The maximum absolute atomic E-state index is 13.5. The summed E-state index contributed by atoms with van der Waals surface area (Å²) in [6, 6.07) is 17.9. The Bertz CT molecular complexity index is 1340. The van der Waals surface area contributed by atoms with Crippen molar-refractivity contribution in [1.29, 1.82) is 0 Å². The second-order valence-electron chi connectivity index (χ2n) is 7.72. The Hall–Kier alpha value is -3.51. The fourth-order valence-electron chi connectivity index (χ4n) is 3.58. The van der Waals surface area contributed by atoms with Crippen LogP contribution in [0.2, 0.25) is 5.02 Å². The molecule has 0 radical (unpaired) electrons. The molecule has 2 heterocycles. The lowest BCUT2D eigenvalue weighted by molar-refractivity contribution is 0.103. The summed E-state index contributed by atoms with van der Waals surface area (Å²) < 4.78 is 14.8. The number of H-pyrrole nitrogens is 1. The maximum Gasteiger partial charge on any atom is 0.267 e. The molecule has 4 rings (SSSR count). The summed E-state index contributed by atoms with van der Waals surface area (Å²) >= 11 is 5.92. The van der Waals surface area contributed by atoms with E-state index in [4.69, 9.17) is 11.6 Å². The molecule has 0 aliphatic carbocycles. The minimum Gasteiger partial charge on any atom is -0.355 e. The summed E-state index contributed by atoms with van der Waals surface area (Å²) in [7, 11) is 0. The van der Waals surface area contributed by atoms with E-state index in [1.807, 2.05) is 19.9 Å². The highest BCUT2D eigenvalue weighted by atomic mass is 35.5. The number of hydrogen-bond donors (Lipinski definition) is 1. The number of benzene rings is 2. The van der Waals surface area contributed by atoms with Crippen molar-refractivity contribution in [3.63, 3.8) is 0 Å². The number of ketones is 1.